The molecule has 2 amide bonds. The van der Waals surface area contributed by atoms with Crippen molar-refractivity contribution < 1.29 is 9.59 Å². The molecule has 4 aliphatic rings. The van der Waals surface area contributed by atoms with Crippen LogP contribution < -0.4 is 16.0 Å². The van der Waals surface area contributed by atoms with Gasteiger partial charge in [-0.2, -0.15) is 0 Å². The van der Waals surface area contributed by atoms with Gasteiger partial charge in [-0.15, -0.1) is 6.58 Å². The number of carbonyl (C=O) groups excluding carboxylic acids is 2. The van der Waals surface area contributed by atoms with Crippen molar-refractivity contribution in [1.82, 2.24) is 10.6 Å². The maximum absolute atomic E-state index is 12.7. The number of nitrogens with one attached hydrogen (secondary N) is 3. The molecule has 3 aliphatic carbocycles. The lowest BCUT2D eigenvalue weighted by Gasteiger charge is -2.60. The molecule has 5 heteroatoms. The van der Waals surface area contributed by atoms with E-state index in [0.29, 0.717) is 12.1 Å². The number of amides is 2. The first-order chi connectivity index (χ1) is 12.0. The highest BCUT2D eigenvalue weighted by molar-refractivity contribution is 6.02. The van der Waals surface area contributed by atoms with E-state index < -0.39 is 5.66 Å². The molecule has 3 fully saturated rings. The molecular formula is C20H25N3O2. The minimum absolute atomic E-state index is 0.00676. The van der Waals surface area contributed by atoms with Gasteiger partial charge in [-0.1, -0.05) is 25.1 Å². The molecule has 3 saturated carbocycles. The van der Waals surface area contributed by atoms with Crippen molar-refractivity contribution in [3.05, 3.63) is 42.5 Å². The summed E-state index contributed by atoms with van der Waals surface area (Å²) in [5.74, 6) is 0.349. The fourth-order valence-corrected chi connectivity index (χ4v) is 5.15. The fourth-order valence-electron chi connectivity index (χ4n) is 5.15. The second-order valence-corrected chi connectivity index (χ2v) is 7.98. The third-order valence-electron chi connectivity index (χ3n) is 6.41. The van der Waals surface area contributed by atoms with Crippen molar-refractivity contribution in [3.63, 3.8) is 0 Å². The molecule has 1 aromatic rings. The number of anilines is 1. The highest BCUT2D eigenvalue weighted by Gasteiger charge is 2.60. The van der Waals surface area contributed by atoms with E-state index in [1.807, 2.05) is 24.3 Å². The topological polar surface area (TPSA) is 70.2 Å². The lowest BCUT2D eigenvalue weighted by atomic mass is 9.51. The summed E-state index contributed by atoms with van der Waals surface area (Å²) in [6, 6.07) is 7.65. The number of para-hydroxylation sites is 1. The summed E-state index contributed by atoms with van der Waals surface area (Å²) in [6.45, 7) is 6.36. The van der Waals surface area contributed by atoms with E-state index in [4.69, 9.17) is 0 Å². The Kier molecular flexibility index (Phi) is 3.63. The van der Waals surface area contributed by atoms with Crippen LogP contribution in [0.2, 0.25) is 0 Å². The summed E-state index contributed by atoms with van der Waals surface area (Å²) in [4.78, 5) is 25.3. The molecule has 1 aromatic carbocycles. The molecule has 0 unspecified atom stereocenters. The smallest absolute Gasteiger partial charge is 0.255 e. The van der Waals surface area contributed by atoms with E-state index in [2.05, 4.69) is 29.5 Å². The normalized spacial score (nSPS) is 35.5. The molecule has 0 saturated heterocycles. The Morgan fingerprint density at radius 1 is 1.40 bits per heavy atom. The molecule has 1 heterocycles. The largest absolute Gasteiger partial charge is 0.362 e. The zero-order chi connectivity index (χ0) is 17.7. The second kappa shape index (κ2) is 5.61. The van der Waals surface area contributed by atoms with E-state index in [-0.39, 0.29) is 29.1 Å². The number of hydrogen-bond donors (Lipinski definition) is 3. The predicted molar refractivity (Wildman–Crippen MR) is 97.0 cm³/mol. The van der Waals surface area contributed by atoms with E-state index in [9.17, 15) is 9.59 Å². The average Bonchev–Trinajstić information content (AvgIpc) is 2.59. The van der Waals surface area contributed by atoms with E-state index in [0.717, 1.165) is 31.4 Å². The van der Waals surface area contributed by atoms with Gasteiger partial charge in [0.1, 0.15) is 5.66 Å². The van der Waals surface area contributed by atoms with Crippen molar-refractivity contribution in [2.24, 2.45) is 17.3 Å². The summed E-state index contributed by atoms with van der Waals surface area (Å²) in [5.41, 5.74) is 1.04. The number of carbonyl (C=O) groups is 2. The number of hydrogen-bond acceptors (Lipinski definition) is 3. The molecule has 2 bridgehead atoms. The molecule has 4 atom stereocenters. The molecule has 1 aliphatic heterocycles. The first-order valence-corrected chi connectivity index (χ1v) is 9.06. The van der Waals surface area contributed by atoms with Gasteiger partial charge < -0.3 is 16.0 Å². The Morgan fingerprint density at radius 2 is 2.20 bits per heavy atom. The van der Waals surface area contributed by atoms with Gasteiger partial charge in [0.05, 0.1) is 5.56 Å². The van der Waals surface area contributed by atoms with Crippen molar-refractivity contribution in [2.75, 3.05) is 11.9 Å². The summed E-state index contributed by atoms with van der Waals surface area (Å²) >= 11 is 0. The Morgan fingerprint density at radius 3 is 2.96 bits per heavy atom. The van der Waals surface area contributed by atoms with Gasteiger partial charge >= 0.3 is 0 Å². The monoisotopic (exact) mass is 339 g/mol. The minimum atomic E-state index is -0.437. The highest BCUT2D eigenvalue weighted by atomic mass is 16.2. The average molecular weight is 339 g/mol. The van der Waals surface area contributed by atoms with Crippen LogP contribution >= 0.6 is 0 Å². The van der Waals surface area contributed by atoms with Gasteiger partial charge in [0.2, 0.25) is 5.91 Å². The van der Waals surface area contributed by atoms with Crippen LogP contribution in [0.15, 0.2) is 36.9 Å². The van der Waals surface area contributed by atoms with Crippen LogP contribution in [-0.2, 0) is 4.79 Å². The van der Waals surface area contributed by atoms with Crippen LogP contribution in [-0.4, -0.2) is 24.0 Å². The van der Waals surface area contributed by atoms with Gasteiger partial charge in [0.25, 0.3) is 5.91 Å². The van der Waals surface area contributed by atoms with Gasteiger partial charge in [0.15, 0.2) is 0 Å². The summed E-state index contributed by atoms with van der Waals surface area (Å²) < 4.78 is 0. The number of fused-ring (bicyclic) bond motifs is 3. The zero-order valence-electron chi connectivity index (χ0n) is 14.6. The van der Waals surface area contributed by atoms with Crippen LogP contribution in [0.1, 0.15) is 43.0 Å². The third-order valence-corrected chi connectivity index (χ3v) is 6.41. The van der Waals surface area contributed by atoms with Crippen LogP contribution in [0.3, 0.4) is 0 Å². The predicted octanol–water partition coefficient (Wildman–Crippen LogP) is 2.67. The summed E-state index contributed by atoms with van der Waals surface area (Å²) in [5, 5.41) is 9.83. The maximum Gasteiger partial charge on any atom is 0.255 e. The van der Waals surface area contributed by atoms with Crippen LogP contribution in [0.4, 0.5) is 5.69 Å². The summed E-state index contributed by atoms with van der Waals surface area (Å²) in [6.07, 6.45) is 5.33. The zero-order valence-corrected chi connectivity index (χ0v) is 14.6. The molecule has 25 heavy (non-hydrogen) atoms. The van der Waals surface area contributed by atoms with E-state index in [1.54, 1.807) is 6.08 Å². The molecule has 0 aromatic heterocycles. The Balaban J connectivity index is 1.63. The molecule has 132 valence electrons. The lowest BCUT2D eigenvalue weighted by molar-refractivity contribution is -0.139. The van der Waals surface area contributed by atoms with Gasteiger partial charge in [0, 0.05) is 24.1 Å². The SMILES string of the molecule is C=CCNC(=O)[C@H]1C[C@@H]2CC[C@@]1(C)C[C@@]21NC(=O)c2ccccc2N1. The highest BCUT2D eigenvalue weighted by Crippen LogP contribution is 2.58. The summed E-state index contributed by atoms with van der Waals surface area (Å²) in [7, 11) is 0. The molecule has 1 spiro atoms. The Labute approximate surface area is 148 Å². The Hall–Kier alpha value is -2.30. The standard InChI is InChI=1S/C20H25N3O2/c1-3-10-21-18(25)15-11-13-8-9-19(15,2)12-20(13)22-16-7-5-4-6-14(16)17(24)23-20/h3-7,13,15,22H,1,8-12H2,2H3,(H,21,25)(H,23,24)/t13-,15+,19-,20+/m0/s1. The molecule has 0 radical (unpaired) electrons. The minimum Gasteiger partial charge on any atom is -0.362 e. The van der Waals surface area contributed by atoms with Crippen LogP contribution in [0, 0.1) is 17.3 Å². The van der Waals surface area contributed by atoms with E-state index >= 15 is 0 Å². The number of benzene rings is 1. The maximum atomic E-state index is 12.7. The van der Waals surface area contributed by atoms with Crippen molar-refractivity contribution in [3.8, 4) is 0 Å². The fraction of sp³-hybridized carbons (Fsp3) is 0.500. The van der Waals surface area contributed by atoms with Crippen molar-refractivity contribution >= 4 is 17.5 Å². The third kappa shape index (κ3) is 2.44. The van der Waals surface area contributed by atoms with Crippen LogP contribution in [0.5, 0.6) is 0 Å². The van der Waals surface area contributed by atoms with Gasteiger partial charge in [-0.05, 0) is 43.2 Å². The van der Waals surface area contributed by atoms with E-state index in [1.165, 1.54) is 0 Å². The van der Waals surface area contributed by atoms with Gasteiger partial charge in [-0.25, -0.2) is 0 Å². The van der Waals surface area contributed by atoms with Crippen LogP contribution in [0.25, 0.3) is 0 Å². The van der Waals surface area contributed by atoms with Gasteiger partial charge in [-0.3, -0.25) is 9.59 Å². The second-order valence-electron chi connectivity index (χ2n) is 7.98. The molecule has 5 nitrogen and oxygen atoms in total. The lowest BCUT2D eigenvalue weighted by Crippen LogP contribution is -2.70. The Bertz CT molecular complexity index is 746. The first kappa shape index (κ1) is 16.2. The first-order valence-electron chi connectivity index (χ1n) is 9.06. The molecular weight excluding hydrogens is 314 g/mol. The number of rotatable bonds is 3. The molecule has 3 N–H and O–H groups in total. The van der Waals surface area contributed by atoms with Crippen molar-refractivity contribution in [1.29, 1.82) is 0 Å². The molecule has 5 rings (SSSR count). The van der Waals surface area contributed by atoms with Crippen molar-refractivity contribution in [2.45, 2.75) is 38.3 Å². The quantitative estimate of drug-likeness (QED) is 0.742.